The highest BCUT2D eigenvalue weighted by Gasteiger charge is 1.93. The molecular weight excluding hydrogens is 296 g/mol. The van der Waals surface area contributed by atoms with Crippen LogP contribution in [0.5, 0.6) is 0 Å². The molecule has 8 nitrogen and oxygen atoms in total. The van der Waals surface area contributed by atoms with Gasteiger partial charge in [0.05, 0.1) is 13.2 Å². The predicted octanol–water partition coefficient (Wildman–Crippen LogP) is -0.00630. The van der Waals surface area contributed by atoms with E-state index in [1.165, 1.54) is 13.8 Å². The van der Waals surface area contributed by atoms with Gasteiger partial charge in [-0.2, -0.15) is 0 Å². The summed E-state index contributed by atoms with van der Waals surface area (Å²) in [4.78, 5) is 19.2. The summed E-state index contributed by atoms with van der Waals surface area (Å²) in [6.07, 6.45) is 0.796. The molecule has 8 heteroatoms. The van der Waals surface area contributed by atoms with E-state index >= 15 is 0 Å². The summed E-state index contributed by atoms with van der Waals surface area (Å²) < 4.78 is 0. The smallest absolute Gasteiger partial charge is 0.330 e. The second kappa shape index (κ2) is 24.0. The number of rotatable bonds is 4. The molecule has 0 aromatic heterocycles. The molecule has 0 bridgehead atoms. The van der Waals surface area contributed by atoms with Gasteiger partial charge in [-0.05, 0) is 20.8 Å². The Morgan fingerprint density at radius 3 is 1.14 bits per heavy atom. The van der Waals surface area contributed by atoms with Crippen LogP contribution in [-0.2, 0) is 9.59 Å². The lowest BCUT2D eigenvalue weighted by Gasteiger charge is -1.96. The minimum atomic E-state index is -0.954. The number of aliphatic hydroxyl groups is 3. The Kier molecular flexibility index (Phi) is 35.1. The Labute approximate surface area is 130 Å². The average molecular weight is 324 g/mol. The number of carboxylic acids is 2. The van der Waals surface area contributed by atoms with Gasteiger partial charge in [-0.25, -0.2) is 9.59 Å². The van der Waals surface area contributed by atoms with E-state index < -0.39 is 18.0 Å². The van der Waals surface area contributed by atoms with E-state index in [2.05, 4.69) is 19.7 Å². The van der Waals surface area contributed by atoms with Gasteiger partial charge in [0.15, 0.2) is 0 Å². The van der Waals surface area contributed by atoms with Crippen molar-refractivity contribution >= 4 is 11.9 Å². The molecule has 0 aromatic carbocycles. The van der Waals surface area contributed by atoms with E-state index in [-0.39, 0.29) is 29.8 Å². The van der Waals surface area contributed by atoms with E-state index in [9.17, 15) is 9.59 Å². The van der Waals surface area contributed by atoms with Crippen LogP contribution in [0.2, 0.25) is 0 Å². The van der Waals surface area contributed by atoms with Gasteiger partial charge in [0.2, 0.25) is 0 Å². The minimum Gasteiger partial charge on any atom is -0.478 e. The van der Waals surface area contributed by atoms with Crippen LogP contribution in [-0.4, -0.2) is 62.3 Å². The van der Waals surface area contributed by atoms with Crippen molar-refractivity contribution in [2.24, 2.45) is 0 Å². The molecule has 132 valence electrons. The van der Waals surface area contributed by atoms with E-state index in [1.807, 2.05) is 6.92 Å². The van der Waals surface area contributed by atoms with E-state index in [1.54, 1.807) is 6.08 Å². The Balaban J connectivity index is -0.0000000591. The van der Waals surface area contributed by atoms with Crippen LogP contribution in [0.15, 0.2) is 37.0 Å². The van der Waals surface area contributed by atoms with Gasteiger partial charge in [-0.15, -0.1) is 6.58 Å². The number of carbonyl (C=O) groups is 2. The van der Waals surface area contributed by atoms with Gasteiger partial charge < -0.3 is 31.0 Å². The van der Waals surface area contributed by atoms with Crippen LogP contribution in [0.4, 0.5) is 0 Å². The topological polar surface area (TPSA) is 167 Å². The molecule has 0 radical (unpaired) electrons. The van der Waals surface area contributed by atoms with Crippen LogP contribution >= 0.6 is 0 Å². The molecule has 0 aliphatic rings. The summed E-state index contributed by atoms with van der Waals surface area (Å²) in [6, 6.07) is 0. The summed E-state index contributed by atoms with van der Waals surface area (Å²) in [5, 5.41) is 39.8. The molecule has 22 heavy (non-hydrogen) atoms. The Morgan fingerprint density at radius 1 is 1.00 bits per heavy atom. The molecule has 0 saturated heterocycles. The number of allylic oxidation sites excluding steroid dienone is 1. The van der Waals surface area contributed by atoms with Crippen LogP contribution in [0.25, 0.3) is 0 Å². The third kappa shape index (κ3) is 52.0. The largest absolute Gasteiger partial charge is 0.478 e. The van der Waals surface area contributed by atoms with Crippen molar-refractivity contribution in [1.82, 2.24) is 0 Å². The second-order valence-corrected chi connectivity index (χ2v) is 3.60. The lowest BCUT2D eigenvalue weighted by molar-refractivity contribution is -0.133. The fourth-order valence-electron chi connectivity index (χ4n) is 0.0577. The van der Waals surface area contributed by atoms with E-state index in [0.717, 1.165) is 0 Å². The monoisotopic (exact) mass is 324 g/mol. The first-order valence-electron chi connectivity index (χ1n) is 5.76. The van der Waals surface area contributed by atoms with Gasteiger partial charge in [0, 0.05) is 11.1 Å². The van der Waals surface area contributed by atoms with Crippen molar-refractivity contribution in [3.63, 3.8) is 0 Å². The van der Waals surface area contributed by atoms with Crippen molar-refractivity contribution in [2.75, 3.05) is 13.2 Å². The average Bonchev–Trinajstić information content (AvgIpc) is 2.39. The highest BCUT2D eigenvalue weighted by molar-refractivity contribution is 5.85. The van der Waals surface area contributed by atoms with Gasteiger partial charge in [0.1, 0.15) is 6.10 Å². The quantitative estimate of drug-likeness (QED) is 0.358. The number of carboxylic acid groups (broad SMARTS) is 2. The van der Waals surface area contributed by atoms with Crippen molar-refractivity contribution in [1.29, 1.82) is 0 Å². The standard InChI is InChI=1S/2C4H6O2.C3H8O3.C3H6.H2O/c2*1-3(2)4(5)6;4-1-3(6)2-5;1-3-2;/h2*1H2,2H3,(H,5,6);3-6H,1-2H2;3H,1H2,2H3;1H2. The first kappa shape index (κ1) is 32.1. The molecule has 7 N–H and O–H groups in total. The van der Waals surface area contributed by atoms with Crippen molar-refractivity contribution in [2.45, 2.75) is 26.9 Å². The Bertz CT molecular complexity index is 271. The Morgan fingerprint density at radius 2 is 1.14 bits per heavy atom. The van der Waals surface area contributed by atoms with Crippen molar-refractivity contribution in [3.05, 3.63) is 37.0 Å². The van der Waals surface area contributed by atoms with Crippen LogP contribution in [0.3, 0.4) is 0 Å². The van der Waals surface area contributed by atoms with E-state index in [0.29, 0.717) is 0 Å². The highest BCUT2D eigenvalue weighted by atomic mass is 16.4. The first-order valence-corrected chi connectivity index (χ1v) is 5.76. The molecule has 0 unspecified atom stereocenters. The fraction of sp³-hybridized carbons (Fsp3) is 0.429. The highest BCUT2D eigenvalue weighted by Crippen LogP contribution is 1.81. The first-order chi connectivity index (χ1) is 9.51. The minimum absolute atomic E-state index is 0. The summed E-state index contributed by atoms with van der Waals surface area (Å²) in [7, 11) is 0. The summed E-state index contributed by atoms with van der Waals surface area (Å²) in [5.74, 6) is -1.87. The zero-order valence-electron chi connectivity index (χ0n) is 13.2. The molecule has 0 heterocycles. The molecule has 0 aromatic rings. The number of hydrogen-bond donors (Lipinski definition) is 5. The maximum atomic E-state index is 9.60. The Hall–Kier alpha value is -2.00. The van der Waals surface area contributed by atoms with Gasteiger partial charge in [-0.3, -0.25) is 0 Å². The second-order valence-electron chi connectivity index (χ2n) is 3.60. The molecule has 0 spiro atoms. The third-order valence-electron chi connectivity index (χ3n) is 1.15. The lowest BCUT2D eigenvalue weighted by Crippen LogP contribution is -2.15. The van der Waals surface area contributed by atoms with Crippen molar-refractivity contribution < 1.29 is 40.6 Å². The van der Waals surface area contributed by atoms with Crippen LogP contribution in [0, 0.1) is 0 Å². The zero-order chi connectivity index (χ0) is 18.0. The van der Waals surface area contributed by atoms with Gasteiger partial charge in [-0.1, -0.05) is 19.2 Å². The van der Waals surface area contributed by atoms with E-state index in [4.69, 9.17) is 25.5 Å². The predicted molar refractivity (Wildman–Crippen MR) is 84.6 cm³/mol. The molecule has 0 atom stereocenters. The third-order valence-corrected chi connectivity index (χ3v) is 1.15. The summed E-state index contributed by atoms with van der Waals surface area (Å²) in [6.45, 7) is 13.7. The zero-order valence-corrected chi connectivity index (χ0v) is 13.2. The molecule has 0 fully saturated rings. The van der Waals surface area contributed by atoms with Crippen LogP contribution in [0.1, 0.15) is 20.8 Å². The summed E-state index contributed by atoms with van der Waals surface area (Å²) >= 11 is 0. The number of hydrogen-bond acceptors (Lipinski definition) is 5. The molecular formula is C14H28O8. The molecule has 0 rings (SSSR count). The lowest BCUT2D eigenvalue weighted by atomic mass is 10.4. The maximum absolute atomic E-state index is 9.60. The van der Waals surface area contributed by atoms with Gasteiger partial charge in [0.25, 0.3) is 0 Å². The summed E-state index contributed by atoms with van der Waals surface area (Å²) in [5.41, 5.74) is 0.352. The van der Waals surface area contributed by atoms with Crippen molar-refractivity contribution in [3.8, 4) is 0 Å². The van der Waals surface area contributed by atoms with Gasteiger partial charge >= 0.3 is 11.9 Å². The maximum Gasteiger partial charge on any atom is 0.330 e. The SMILES string of the molecule is C=C(C)C(=O)O.C=C(C)C(=O)O.C=CC.O.OCC(O)CO. The molecule has 0 saturated carbocycles. The molecule has 0 aliphatic carbocycles. The number of aliphatic carboxylic acids is 2. The number of aliphatic hydroxyl groups excluding tert-OH is 3. The molecule has 0 aliphatic heterocycles. The fourth-order valence-corrected chi connectivity index (χ4v) is 0.0577. The normalized spacial score (nSPS) is 7.41. The van der Waals surface area contributed by atoms with Crippen LogP contribution < -0.4 is 0 Å². The molecule has 0 amide bonds.